The number of methoxy groups -OCH3 is 5. The molecule has 0 radical (unpaired) electrons. The summed E-state index contributed by atoms with van der Waals surface area (Å²) in [4.78, 5) is 96.5. The van der Waals surface area contributed by atoms with Crippen LogP contribution in [0.15, 0.2) is 251 Å². The Labute approximate surface area is 632 Å². The molecule has 0 bridgehead atoms. The highest BCUT2D eigenvalue weighted by atomic mass is 35.5. The highest BCUT2D eigenvalue weighted by molar-refractivity contribution is 6.66. The van der Waals surface area contributed by atoms with E-state index in [0.717, 1.165) is 40.5 Å². The number of hydrogen-bond acceptors (Lipinski definition) is 24. The van der Waals surface area contributed by atoms with Crippen LogP contribution in [0.5, 0.6) is 63.6 Å². The first kappa shape index (κ1) is 79.8. The predicted molar refractivity (Wildman–Crippen MR) is 417 cm³/mol. The van der Waals surface area contributed by atoms with Crippen LogP contribution in [0.2, 0.25) is 0 Å². The van der Waals surface area contributed by atoms with E-state index in [1.54, 1.807) is 145 Å². The highest BCUT2D eigenvalue weighted by Crippen LogP contribution is 2.32. The fraction of sp³-hybridized carbons (Fsp3) is 0.0886. The Balaban J connectivity index is 0.000000223. The Morgan fingerprint density at radius 3 is 1.03 bits per heavy atom. The van der Waals surface area contributed by atoms with Crippen molar-refractivity contribution >= 4 is 98.3 Å². The molecule has 0 unspecified atom stereocenters. The number of carbonyl (C=O) groups excluding carboxylic acids is 6. The number of primary amides is 1. The number of aromatic nitrogens is 6. The number of allylic oxidation sites excluding steroid dienone is 1. The van der Waals surface area contributed by atoms with Crippen molar-refractivity contribution in [1.29, 1.82) is 0 Å². The number of halogens is 1. The highest BCUT2D eigenvalue weighted by Gasteiger charge is 2.21. The van der Waals surface area contributed by atoms with E-state index >= 15 is 0 Å². The fourth-order valence-corrected chi connectivity index (χ4v) is 9.10. The number of nitrogens with one attached hydrogen (secondary N) is 7. The molecule has 0 spiro atoms. The van der Waals surface area contributed by atoms with E-state index in [0.29, 0.717) is 69.5 Å². The van der Waals surface area contributed by atoms with Crippen molar-refractivity contribution < 1.29 is 68.1 Å². The lowest BCUT2D eigenvalue weighted by Gasteiger charge is -2.13. The lowest BCUT2D eigenvalue weighted by molar-refractivity contribution is -0.112. The van der Waals surface area contributed by atoms with Gasteiger partial charge in [-0.15, -0.1) is 0 Å². The molecule has 0 aliphatic rings. The number of carbonyl (C=O) groups is 6. The van der Waals surface area contributed by atoms with Crippen LogP contribution in [-0.2, 0) is 27.5 Å². The topological polar surface area (TPSA) is 390 Å². The molecular weight excluding hydrogens is 1420 g/mol. The van der Waals surface area contributed by atoms with Crippen LogP contribution < -0.4 is 86.6 Å². The summed E-state index contributed by atoms with van der Waals surface area (Å²) in [7, 11) is 7.92. The molecule has 558 valence electrons. The van der Waals surface area contributed by atoms with Gasteiger partial charge in [-0.3, -0.25) is 28.8 Å². The van der Waals surface area contributed by atoms with Gasteiger partial charge in [-0.25, -0.2) is 15.0 Å². The van der Waals surface area contributed by atoms with Crippen LogP contribution in [0.25, 0.3) is 0 Å². The molecule has 0 saturated heterocycles. The molecule has 3 heterocycles. The first-order valence-electron chi connectivity index (χ1n) is 32.5. The van der Waals surface area contributed by atoms with Crippen molar-refractivity contribution in [2.24, 2.45) is 5.73 Å². The summed E-state index contributed by atoms with van der Waals surface area (Å²) in [5.41, 5.74) is 17.0. The van der Waals surface area contributed by atoms with Crippen molar-refractivity contribution in [2.75, 3.05) is 67.9 Å². The SMILES string of the molecule is C=CC(=O)Cl.C=CC(=O)Nc1cccc(Oc2nc(Nc3cccc(OC)c3)ncc2C(=O)NCc2ccc(OC)cc2)c1.C=CC(=O)Nc1cccc(Oc2nc(Nc3cccc(OC)c3)ncc2C(N)=O)c1.COc1ccc(CNC(=O)c2cnc(Nc3cccc(OC)c3)nc2Oc2cccc(N)c2)cc1.[HH]. The van der Waals surface area contributed by atoms with E-state index in [-0.39, 0.29) is 77.9 Å². The van der Waals surface area contributed by atoms with E-state index in [1.807, 2.05) is 84.9 Å². The molecule has 0 fully saturated rings. The molecule has 0 saturated carbocycles. The Bertz CT molecular complexity index is 5030. The van der Waals surface area contributed by atoms with Crippen LogP contribution in [-0.4, -0.2) is 100 Å². The quantitative estimate of drug-likeness (QED) is 0.0119. The van der Waals surface area contributed by atoms with Gasteiger partial charge in [-0.1, -0.05) is 80.4 Å². The number of anilines is 9. The number of nitrogen functional groups attached to an aromatic ring is 1. The van der Waals surface area contributed by atoms with Crippen LogP contribution in [0.4, 0.5) is 52.0 Å². The van der Waals surface area contributed by atoms with Gasteiger partial charge in [0, 0.05) is 104 Å². The minimum absolute atomic E-state index is 0. The maximum atomic E-state index is 13.2. The maximum Gasteiger partial charge on any atom is 0.258 e. The number of benzene rings is 8. The minimum Gasteiger partial charge on any atom is -0.497 e. The van der Waals surface area contributed by atoms with Crippen LogP contribution in [0, 0.1) is 0 Å². The normalized spacial score (nSPS) is 10.0. The number of ether oxygens (including phenoxy) is 8. The minimum atomic E-state index is -0.742. The lowest BCUT2D eigenvalue weighted by Crippen LogP contribution is -2.24. The molecule has 8 aromatic carbocycles. The van der Waals surface area contributed by atoms with Crippen molar-refractivity contribution in [2.45, 2.75) is 13.1 Å². The van der Waals surface area contributed by atoms with E-state index in [4.69, 9.17) is 61.0 Å². The van der Waals surface area contributed by atoms with Gasteiger partial charge in [-0.05, 0) is 138 Å². The van der Waals surface area contributed by atoms with Gasteiger partial charge in [0.2, 0.25) is 52.5 Å². The average Bonchev–Trinajstić information content (AvgIpc) is 0.829. The summed E-state index contributed by atoms with van der Waals surface area (Å²) in [5, 5.41) is 19.7. The number of nitrogens with two attached hydrogens (primary N) is 2. The smallest absolute Gasteiger partial charge is 0.258 e. The summed E-state index contributed by atoms with van der Waals surface area (Å²) in [5.74, 6) is 3.05. The molecule has 3 aromatic heterocycles. The third-order valence-electron chi connectivity index (χ3n) is 14.5. The predicted octanol–water partition coefficient (Wildman–Crippen LogP) is 14.1. The second-order valence-electron chi connectivity index (χ2n) is 22.1. The van der Waals surface area contributed by atoms with Gasteiger partial charge in [0.1, 0.15) is 62.7 Å². The van der Waals surface area contributed by atoms with Gasteiger partial charge in [0.25, 0.3) is 17.7 Å². The molecule has 11 rings (SSSR count). The van der Waals surface area contributed by atoms with E-state index < -0.39 is 17.1 Å². The number of amides is 5. The summed E-state index contributed by atoms with van der Waals surface area (Å²) in [6.45, 7) is 10.5. The van der Waals surface area contributed by atoms with Crippen LogP contribution >= 0.6 is 11.6 Å². The van der Waals surface area contributed by atoms with Crippen molar-refractivity contribution in [1.82, 2.24) is 40.5 Å². The summed E-state index contributed by atoms with van der Waals surface area (Å²) in [6.07, 6.45) is 7.44. The van der Waals surface area contributed by atoms with Crippen molar-refractivity contribution in [3.05, 3.63) is 278 Å². The largest absolute Gasteiger partial charge is 0.497 e. The zero-order valence-electron chi connectivity index (χ0n) is 59.4. The molecule has 30 heteroatoms. The lowest BCUT2D eigenvalue weighted by atomic mass is 10.2. The second-order valence-corrected chi connectivity index (χ2v) is 22.4. The van der Waals surface area contributed by atoms with Crippen molar-refractivity contribution in [3.8, 4) is 63.6 Å². The standard InChI is InChI=1S/C29H27N5O5.C26H25N5O4.C21H19N5O4.C3H3ClO.H2/c1-4-26(35)32-20-7-6-10-24(16-20)39-28-25(27(36)30-17-19-11-13-22(37-2)14-12-19)18-31-29(34-28)33-21-8-5-9-23(15-21)38-3;1-33-20-11-9-17(10-12-20)15-28-24(32)23-16-29-26(30-19-6-4-7-21(14-19)34-2)31-25(23)35-22-8-3-5-18(27)13-22;1-3-18(27)24-13-6-5-9-16(11-13)30-20-17(19(22)28)12-23-21(26-20)25-14-7-4-8-15(10-14)29-2;1-2-3(4)5;/h4-16,18H,1,17H2,2-3H3,(H,30,36)(H,32,35)(H,31,33,34);3-14,16H,15,27H2,1-2H3,(H,28,32)(H,29,30,31);3-12H,1H2,2H3,(H2,22,28)(H,24,27)(H,23,25,26);2H,1H2;1H. The van der Waals surface area contributed by atoms with Crippen LogP contribution in [0.3, 0.4) is 0 Å². The van der Waals surface area contributed by atoms with Gasteiger partial charge >= 0.3 is 0 Å². The maximum absolute atomic E-state index is 13.2. The molecule has 109 heavy (non-hydrogen) atoms. The third-order valence-corrected chi connectivity index (χ3v) is 14.6. The van der Waals surface area contributed by atoms with Gasteiger partial charge in [0.05, 0.1) is 35.5 Å². The fourth-order valence-electron chi connectivity index (χ4n) is 9.10. The van der Waals surface area contributed by atoms with E-state index in [9.17, 15) is 28.8 Å². The summed E-state index contributed by atoms with van der Waals surface area (Å²) in [6, 6.07) is 56.6. The first-order valence-corrected chi connectivity index (χ1v) is 32.9. The van der Waals surface area contributed by atoms with E-state index in [1.165, 1.54) is 24.7 Å². The molecule has 11 N–H and O–H groups in total. The number of nitrogens with zero attached hydrogens (tertiary/aromatic N) is 6. The molecule has 0 atom stereocenters. The van der Waals surface area contributed by atoms with E-state index in [2.05, 4.69) is 86.9 Å². The molecule has 11 aromatic rings. The van der Waals surface area contributed by atoms with Crippen molar-refractivity contribution in [3.63, 3.8) is 0 Å². The second kappa shape index (κ2) is 40.8. The molecule has 5 amide bonds. The Morgan fingerprint density at radius 1 is 0.404 bits per heavy atom. The Morgan fingerprint density at radius 2 is 0.706 bits per heavy atom. The van der Waals surface area contributed by atoms with Gasteiger partial charge < -0.3 is 86.6 Å². The zero-order chi connectivity index (χ0) is 78.0. The zero-order valence-corrected chi connectivity index (χ0v) is 60.2. The average molecular weight is 1500 g/mol. The molecular formula is C79H76ClN15O14. The number of hydrogen-bond donors (Lipinski definition) is 9. The summed E-state index contributed by atoms with van der Waals surface area (Å²) < 4.78 is 43.8. The molecule has 0 aliphatic carbocycles. The first-order chi connectivity index (χ1) is 52.7. The number of rotatable bonds is 29. The molecule has 29 nitrogen and oxygen atoms in total. The molecule has 0 aliphatic heterocycles. The monoisotopic (exact) mass is 1490 g/mol. The summed E-state index contributed by atoms with van der Waals surface area (Å²) >= 11 is 4.71. The Kier molecular flexibility index (Phi) is 29.9. The van der Waals surface area contributed by atoms with Gasteiger partial charge in [0.15, 0.2) is 0 Å². The Hall–Kier alpha value is -14.9. The third kappa shape index (κ3) is 25.5. The van der Waals surface area contributed by atoms with Crippen LogP contribution in [0.1, 0.15) is 43.6 Å². The van der Waals surface area contributed by atoms with Gasteiger partial charge in [-0.2, -0.15) is 15.0 Å².